The fraction of sp³-hybridized carbons (Fsp3) is 0.200. The van der Waals surface area contributed by atoms with Gasteiger partial charge in [0, 0.05) is 0 Å². The van der Waals surface area contributed by atoms with Gasteiger partial charge in [0.1, 0.15) is 0 Å². The van der Waals surface area contributed by atoms with Crippen LogP contribution in [-0.2, 0) is 16.2 Å². The molecule has 1 N–H and O–H groups in total. The smallest absolute Gasteiger partial charge is 0.282 e. The highest BCUT2D eigenvalue weighted by Crippen LogP contribution is 2.10. The average Bonchev–Trinajstić information content (AvgIpc) is 2.40. The van der Waals surface area contributed by atoms with Crippen LogP contribution >= 0.6 is 0 Å². The van der Waals surface area contributed by atoms with Gasteiger partial charge in [-0.2, -0.15) is 8.42 Å². The Kier molecular flexibility index (Phi) is 4.42. The van der Waals surface area contributed by atoms with Gasteiger partial charge >= 0.3 is 0 Å². The Morgan fingerprint density at radius 2 is 1.70 bits per heavy atom. The molecule has 2 rings (SSSR count). The van der Waals surface area contributed by atoms with Crippen molar-refractivity contribution in [3.63, 3.8) is 0 Å². The predicted octanol–water partition coefficient (Wildman–Crippen LogP) is 1.54. The molecule has 0 aliphatic rings. The van der Waals surface area contributed by atoms with Crippen LogP contribution in [0.1, 0.15) is 16.7 Å². The Labute approximate surface area is 122 Å². The normalized spacial score (nSPS) is 12.2. The van der Waals surface area contributed by atoms with Crippen molar-refractivity contribution in [3.05, 3.63) is 59.2 Å². The monoisotopic (exact) mass is 306 g/mol. The maximum absolute atomic E-state index is 11.0. The Balaban J connectivity index is 2.10. The summed E-state index contributed by atoms with van der Waals surface area (Å²) in [5.74, 6) is 0. The third-order valence-corrected chi connectivity index (χ3v) is 6.62. The zero-order valence-electron chi connectivity index (χ0n) is 11.6. The summed E-state index contributed by atoms with van der Waals surface area (Å²) in [5, 5.41) is 1.45. The van der Waals surface area contributed by atoms with Crippen LogP contribution in [-0.4, -0.2) is 22.5 Å². The molecule has 0 spiro atoms. The molecular formula is C15H18O3SSi. The standard InChI is InChI=1S/C15H18O3SSi/c1-11-4-3-5-15(12(11)2)20-10-13-6-8-14(9-7-13)19(16,17)18/h3-9H,10,20H2,1-2H3,(H,16,17,18). The molecule has 0 bridgehead atoms. The zero-order valence-corrected chi connectivity index (χ0v) is 13.9. The highest BCUT2D eigenvalue weighted by molar-refractivity contribution is 7.85. The summed E-state index contributed by atoms with van der Waals surface area (Å²) < 4.78 is 30.9. The SMILES string of the molecule is Cc1cccc([SiH2]Cc2ccc(S(=O)(=O)O)cc2)c1C. The first-order chi connectivity index (χ1) is 9.38. The van der Waals surface area contributed by atoms with Crippen LogP contribution in [0.15, 0.2) is 47.4 Å². The molecule has 20 heavy (non-hydrogen) atoms. The summed E-state index contributed by atoms with van der Waals surface area (Å²) in [5.41, 5.74) is 3.80. The second kappa shape index (κ2) is 5.91. The van der Waals surface area contributed by atoms with Crippen molar-refractivity contribution in [2.45, 2.75) is 24.8 Å². The molecule has 0 unspecified atom stereocenters. The number of hydrogen-bond donors (Lipinski definition) is 1. The molecule has 2 aromatic carbocycles. The molecule has 0 saturated carbocycles. The topological polar surface area (TPSA) is 54.4 Å². The lowest BCUT2D eigenvalue weighted by Gasteiger charge is -2.08. The van der Waals surface area contributed by atoms with Crippen LogP contribution < -0.4 is 5.19 Å². The summed E-state index contributed by atoms with van der Waals surface area (Å²) in [6, 6.07) is 13.9. The van der Waals surface area contributed by atoms with E-state index in [9.17, 15) is 8.42 Å². The highest BCUT2D eigenvalue weighted by atomic mass is 32.2. The van der Waals surface area contributed by atoms with E-state index in [1.807, 2.05) is 0 Å². The summed E-state index contributed by atoms with van der Waals surface area (Å²) >= 11 is 0. The van der Waals surface area contributed by atoms with Gasteiger partial charge in [-0.3, -0.25) is 4.55 Å². The van der Waals surface area contributed by atoms with E-state index in [2.05, 4.69) is 32.0 Å². The third kappa shape index (κ3) is 3.56. The van der Waals surface area contributed by atoms with Crippen molar-refractivity contribution in [3.8, 4) is 0 Å². The Hall–Kier alpha value is -1.43. The highest BCUT2D eigenvalue weighted by Gasteiger charge is 2.08. The summed E-state index contributed by atoms with van der Waals surface area (Å²) in [6.45, 7) is 4.27. The number of hydrogen-bond acceptors (Lipinski definition) is 2. The van der Waals surface area contributed by atoms with Gasteiger partial charge in [-0.25, -0.2) is 0 Å². The Morgan fingerprint density at radius 3 is 2.30 bits per heavy atom. The molecule has 0 fully saturated rings. The molecule has 0 amide bonds. The minimum absolute atomic E-state index is 0.0466. The first kappa shape index (κ1) is 15.0. The maximum Gasteiger partial charge on any atom is 0.294 e. The molecule has 5 heteroatoms. The molecule has 0 aromatic heterocycles. The molecule has 0 saturated heterocycles. The molecule has 3 nitrogen and oxygen atoms in total. The van der Waals surface area contributed by atoms with Gasteiger partial charge < -0.3 is 0 Å². The van der Waals surface area contributed by atoms with Gasteiger partial charge in [0.15, 0.2) is 0 Å². The number of aryl methyl sites for hydroxylation is 1. The van der Waals surface area contributed by atoms with E-state index < -0.39 is 19.6 Å². The number of benzene rings is 2. The molecule has 0 atom stereocenters. The second-order valence-electron chi connectivity index (χ2n) is 4.98. The van der Waals surface area contributed by atoms with Crippen molar-refractivity contribution < 1.29 is 13.0 Å². The maximum atomic E-state index is 11.0. The second-order valence-corrected chi connectivity index (χ2v) is 8.16. The van der Waals surface area contributed by atoms with E-state index in [1.165, 1.54) is 28.4 Å². The van der Waals surface area contributed by atoms with Crippen molar-refractivity contribution in [2.24, 2.45) is 0 Å². The van der Waals surface area contributed by atoms with Crippen LogP contribution in [0.25, 0.3) is 0 Å². The van der Waals surface area contributed by atoms with Gasteiger partial charge in [0.2, 0.25) is 0 Å². The molecule has 0 heterocycles. The van der Waals surface area contributed by atoms with Crippen molar-refractivity contribution in [1.82, 2.24) is 0 Å². The first-order valence-electron chi connectivity index (χ1n) is 6.49. The molecule has 0 aliphatic heterocycles. The summed E-state index contributed by atoms with van der Waals surface area (Å²) in [7, 11) is -4.51. The lowest BCUT2D eigenvalue weighted by Crippen LogP contribution is -2.20. The first-order valence-corrected chi connectivity index (χ1v) is 9.64. The largest absolute Gasteiger partial charge is 0.294 e. The lowest BCUT2D eigenvalue weighted by atomic mass is 10.1. The van der Waals surface area contributed by atoms with Crippen molar-refractivity contribution in [2.75, 3.05) is 0 Å². The van der Waals surface area contributed by atoms with E-state index >= 15 is 0 Å². The van der Waals surface area contributed by atoms with Crippen molar-refractivity contribution in [1.29, 1.82) is 0 Å². The van der Waals surface area contributed by atoms with Crippen molar-refractivity contribution >= 4 is 24.8 Å². The molecule has 2 aromatic rings. The quantitative estimate of drug-likeness (QED) is 0.689. The molecule has 0 radical (unpaired) electrons. The lowest BCUT2D eigenvalue weighted by molar-refractivity contribution is 0.483. The van der Waals surface area contributed by atoms with E-state index in [1.54, 1.807) is 12.1 Å². The van der Waals surface area contributed by atoms with Crippen LogP contribution in [0.3, 0.4) is 0 Å². The van der Waals surface area contributed by atoms with E-state index in [0.29, 0.717) is 0 Å². The fourth-order valence-electron chi connectivity index (χ4n) is 2.19. The van der Waals surface area contributed by atoms with Crippen LogP contribution in [0.2, 0.25) is 0 Å². The van der Waals surface area contributed by atoms with Crippen LogP contribution in [0.5, 0.6) is 0 Å². The summed E-state index contributed by atoms with van der Waals surface area (Å²) in [4.78, 5) is -0.0466. The Morgan fingerprint density at radius 1 is 1.05 bits per heavy atom. The molecule has 106 valence electrons. The van der Waals surface area contributed by atoms with Gasteiger partial charge in [-0.05, 0) is 43.2 Å². The van der Waals surface area contributed by atoms with E-state index in [4.69, 9.17) is 4.55 Å². The minimum Gasteiger partial charge on any atom is -0.282 e. The van der Waals surface area contributed by atoms with Crippen LogP contribution in [0.4, 0.5) is 0 Å². The minimum atomic E-state index is -4.09. The van der Waals surface area contributed by atoms with E-state index in [0.717, 1.165) is 11.6 Å². The molecule has 0 aliphatic carbocycles. The molecular weight excluding hydrogens is 288 g/mol. The summed E-state index contributed by atoms with van der Waals surface area (Å²) in [6.07, 6.45) is 0. The van der Waals surface area contributed by atoms with E-state index in [-0.39, 0.29) is 4.90 Å². The number of rotatable bonds is 4. The van der Waals surface area contributed by atoms with Gasteiger partial charge in [-0.1, -0.05) is 41.1 Å². The Bertz CT molecular complexity index is 706. The van der Waals surface area contributed by atoms with Gasteiger partial charge in [-0.15, -0.1) is 0 Å². The van der Waals surface area contributed by atoms with Gasteiger partial charge in [0.25, 0.3) is 10.1 Å². The third-order valence-electron chi connectivity index (χ3n) is 3.62. The zero-order chi connectivity index (χ0) is 14.8. The fourth-order valence-corrected chi connectivity index (χ4v) is 4.52. The predicted molar refractivity (Wildman–Crippen MR) is 84.1 cm³/mol. The average molecular weight is 306 g/mol. The van der Waals surface area contributed by atoms with Gasteiger partial charge in [0.05, 0.1) is 14.4 Å². The van der Waals surface area contributed by atoms with Crippen LogP contribution in [0, 0.1) is 13.8 Å².